The molecule has 0 aliphatic carbocycles. The molecule has 1 unspecified atom stereocenters. The van der Waals surface area contributed by atoms with Gasteiger partial charge in [0.1, 0.15) is 4.90 Å². The third-order valence-electron chi connectivity index (χ3n) is 6.74. The first kappa shape index (κ1) is 24.0. The fourth-order valence-electron chi connectivity index (χ4n) is 4.87. The Morgan fingerprint density at radius 2 is 1.64 bits per heavy atom. The third kappa shape index (κ3) is 4.14. The average Bonchev–Trinajstić information content (AvgIpc) is 3.30. The highest BCUT2D eigenvalue weighted by Gasteiger charge is 2.25. The number of fused-ring (bicyclic) bond motifs is 2. The molecule has 1 atom stereocenters. The lowest BCUT2D eigenvalue weighted by Crippen LogP contribution is -2.28. The largest absolute Gasteiger partial charge is 0.377 e. The summed E-state index contributed by atoms with van der Waals surface area (Å²) in [4.78, 5) is 20.8. The summed E-state index contributed by atoms with van der Waals surface area (Å²) in [5.41, 5.74) is 5.21. The molecule has 2 N–H and O–H groups in total. The summed E-state index contributed by atoms with van der Waals surface area (Å²) in [6, 6.07) is 18.6. The van der Waals surface area contributed by atoms with Crippen LogP contribution < -0.4 is 20.5 Å². The fourth-order valence-corrected chi connectivity index (χ4v) is 5.76. The van der Waals surface area contributed by atoms with Gasteiger partial charge in [0, 0.05) is 25.7 Å². The minimum absolute atomic E-state index is 0.110. The molecule has 1 aliphatic rings. The zero-order valence-electron chi connectivity index (χ0n) is 20.7. The van der Waals surface area contributed by atoms with Crippen LogP contribution in [0.15, 0.2) is 70.4 Å². The lowest BCUT2D eigenvalue weighted by Gasteiger charge is -2.23. The Balaban J connectivity index is 1.60. The molecule has 4 aromatic rings. The first-order valence-electron chi connectivity index (χ1n) is 11.8. The number of aromatic nitrogens is 2. The highest BCUT2D eigenvalue weighted by atomic mass is 32.2. The average molecular weight is 504 g/mol. The molecule has 1 aliphatic heterocycles. The van der Waals surface area contributed by atoms with Gasteiger partial charge < -0.3 is 10.2 Å². The van der Waals surface area contributed by atoms with Gasteiger partial charge in [0.25, 0.3) is 5.56 Å². The predicted octanol–water partition coefficient (Wildman–Crippen LogP) is 3.84. The van der Waals surface area contributed by atoms with E-state index < -0.39 is 10.0 Å². The number of hydrogen-bond donors (Lipinski definition) is 2. The van der Waals surface area contributed by atoms with Crippen LogP contribution in [0.4, 0.5) is 11.6 Å². The van der Waals surface area contributed by atoms with E-state index in [4.69, 9.17) is 4.98 Å². The molecular formula is C27H29N5O3S. The maximum absolute atomic E-state index is 13.5. The summed E-state index contributed by atoms with van der Waals surface area (Å²) in [5, 5.41) is 3.88. The quantitative estimate of drug-likeness (QED) is 0.415. The molecule has 8 nitrogen and oxygen atoms in total. The highest BCUT2D eigenvalue weighted by molar-refractivity contribution is 7.89. The Kier molecular flexibility index (Phi) is 6.05. The van der Waals surface area contributed by atoms with E-state index in [0.717, 1.165) is 11.1 Å². The van der Waals surface area contributed by atoms with Crippen molar-refractivity contribution in [3.8, 4) is 0 Å². The number of rotatable bonds is 6. The number of nitrogens with zero attached hydrogens (tertiary/aromatic N) is 3. The second-order valence-corrected chi connectivity index (χ2v) is 11.1. The lowest BCUT2D eigenvalue weighted by atomic mass is 10.0. The van der Waals surface area contributed by atoms with Gasteiger partial charge >= 0.3 is 0 Å². The number of sulfonamides is 1. The molecule has 9 heteroatoms. The second kappa shape index (κ2) is 9.07. The van der Waals surface area contributed by atoms with Crippen molar-refractivity contribution in [1.82, 2.24) is 14.3 Å². The van der Waals surface area contributed by atoms with Crippen LogP contribution in [0.3, 0.4) is 0 Å². The Morgan fingerprint density at radius 1 is 1.00 bits per heavy atom. The summed E-state index contributed by atoms with van der Waals surface area (Å²) in [7, 11) is -0.502. The van der Waals surface area contributed by atoms with Gasteiger partial charge in [-0.15, -0.1) is 0 Å². The van der Waals surface area contributed by atoms with Crippen molar-refractivity contribution in [1.29, 1.82) is 0 Å². The van der Waals surface area contributed by atoms with E-state index in [9.17, 15) is 13.2 Å². The summed E-state index contributed by atoms with van der Waals surface area (Å²) in [6.07, 6.45) is 0. The molecule has 5 rings (SSSR count). The maximum Gasteiger partial charge on any atom is 0.262 e. The van der Waals surface area contributed by atoms with Crippen molar-refractivity contribution in [2.45, 2.75) is 37.9 Å². The maximum atomic E-state index is 13.5. The first-order chi connectivity index (χ1) is 17.2. The molecule has 0 saturated heterocycles. The zero-order chi connectivity index (χ0) is 25.6. The molecule has 0 radical (unpaired) electrons. The predicted molar refractivity (Wildman–Crippen MR) is 143 cm³/mol. The molecule has 1 aromatic heterocycles. The third-order valence-corrected chi connectivity index (χ3v) is 8.21. The summed E-state index contributed by atoms with van der Waals surface area (Å²) in [6.45, 7) is 5.26. The number of anilines is 2. The molecule has 0 fully saturated rings. The molecule has 186 valence electrons. The van der Waals surface area contributed by atoms with Gasteiger partial charge in [0.15, 0.2) is 0 Å². The first-order valence-corrected chi connectivity index (χ1v) is 13.3. The van der Waals surface area contributed by atoms with Crippen molar-refractivity contribution < 1.29 is 8.42 Å². The van der Waals surface area contributed by atoms with Crippen molar-refractivity contribution in [2.75, 3.05) is 17.3 Å². The normalized spacial score (nSPS) is 14.2. The molecule has 0 amide bonds. The Bertz CT molecular complexity index is 1620. The van der Waals surface area contributed by atoms with E-state index in [2.05, 4.69) is 27.1 Å². The minimum Gasteiger partial charge on any atom is -0.377 e. The Morgan fingerprint density at radius 3 is 2.31 bits per heavy atom. The number of nitrogens with one attached hydrogen (secondary N) is 2. The van der Waals surface area contributed by atoms with Gasteiger partial charge in [-0.25, -0.2) is 18.1 Å². The van der Waals surface area contributed by atoms with Gasteiger partial charge in [-0.05, 0) is 55.8 Å². The monoisotopic (exact) mass is 503 g/mol. The van der Waals surface area contributed by atoms with E-state index in [-0.39, 0.29) is 16.5 Å². The van der Waals surface area contributed by atoms with Gasteiger partial charge in [-0.3, -0.25) is 9.36 Å². The van der Waals surface area contributed by atoms with Gasteiger partial charge in [-0.1, -0.05) is 42.5 Å². The van der Waals surface area contributed by atoms with Crippen molar-refractivity contribution in [3.63, 3.8) is 0 Å². The standard InChI is InChI=1S/C27H29N5O3S/c1-17-13-21(18(2)29-23-11-7-8-12-24(23)36(34,35)28-3)25-22(14-17)26(33)31(4)27(30-25)32-15-19-9-5-6-10-20(19)16-32/h5-14,18,28-29H,15-16H2,1-4H3. The van der Waals surface area contributed by atoms with Crippen LogP contribution >= 0.6 is 0 Å². The molecule has 3 aromatic carbocycles. The fraction of sp³-hybridized carbons (Fsp3) is 0.259. The van der Waals surface area contributed by atoms with Gasteiger partial charge in [-0.2, -0.15) is 0 Å². The molecule has 2 heterocycles. The van der Waals surface area contributed by atoms with Crippen LogP contribution in [0.5, 0.6) is 0 Å². The second-order valence-electron chi connectivity index (χ2n) is 9.22. The van der Waals surface area contributed by atoms with Crippen LogP contribution in [0.25, 0.3) is 10.9 Å². The van der Waals surface area contributed by atoms with Gasteiger partial charge in [0.05, 0.1) is 22.6 Å². The molecule has 0 saturated carbocycles. The van der Waals surface area contributed by atoms with Gasteiger partial charge in [0.2, 0.25) is 16.0 Å². The van der Waals surface area contributed by atoms with E-state index in [0.29, 0.717) is 35.6 Å². The van der Waals surface area contributed by atoms with Crippen LogP contribution in [0.1, 0.15) is 35.2 Å². The van der Waals surface area contributed by atoms with Crippen LogP contribution in [0, 0.1) is 6.92 Å². The molecule has 36 heavy (non-hydrogen) atoms. The smallest absolute Gasteiger partial charge is 0.262 e. The topological polar surface area (TPSA) is 96.3 Å². The summed E-state index contributed by atoms with van der Waals surface area (Å²) >= 11 is 0. The SMILES string of the molecule is CNS(=O)(=O)c1ccccc1NC(C)c1cc(C)cc2c(=O)n(C)c(N3Cc4ccccc4C3)nc12. The van der Waals surface area contributed by atoms with E-state index in [1.54, 1.807) is 35.9 Å². The van der Waals surface area contributed by atoms with E-state index in [1.165, 1.54) is 18.2 Å². The van der Waals surface area contributed by atoms with Crippen molar-refractivity contribution in [3.05, 3.63) is 93.3 Å². The highest BCUT2D eigenvalue weighted by Crippen LogP contribution is 2.32. The molecule has 0 bridgehead atoms. The number of benzene rings is 3. The molecule has 0 spiro atoms. The molecular weight excluding hydrogens is 474 g/mol. The van der Waals surface area contributed by atoms with E-state index in [1.807, 2.05) is 38.1 Å². The lowest BCUT2D eigenvalue weighted by molar-refractivity contribution is 0.588. The van der Waals surface area contributed by atoms with Crippen LogP contribution in [-0.2, 0) is 30.2 Å². The zero-order valence-corrected chi connectivity index (χ0v) is 21.6. The number of para-hydroxylation sites is 1. The van der Waals surface area contributed by atoms with Crippen LogP contribution in [-0.4, -0.2) is 25.0 Å². The minimum atomic E-state index is -3.65. The Labute approximate surface area is 210 Å². The summed E-state index contributed by atoms with van der Waals surface area (Å²) < 4.78 is 29.1. The van der Waals surface area contributed by atoms with Crippen molar-refractivity contribution >= 4 is 32.6 Å². The van der Waals surface area contributed by atoms with Crippen molar-refractivity contribution in [2.24, 2.45) is 7.05 Å². The Hall–Kier alpha value is -3.69. The van der Waals surface area contributed by atoms with E-state index >= 15 is 0 Å². The van der Waals surface area contributed by atoms with Crippen LogP contribution in [0.2, 0.25) is 0 Å². The number of aryl methyl sites for hydroxylation is 1. The number of hydrogen-bond acceptors (Lipinski definition) is 6. The summed E-state index contributed by atoms with van der Waals surface area (Å²) in [5.74, 6) is 0.610.